The molecule has 7 nitrogen and oxygen atoms in total. The van der Waals surface area contributed by atoms with Crippen LogP contribution in [0.4, 0.5) is 15.9 Å². The van der Waals surface area contributed by atoms with Gasteiger partial charge in [-0.05, 0) is 13.0 Å². The molecule has 0 saturated carbocycles. The molecule has 0 aliphatic carbocycles. The molecule has 0 atom stereocenters. The Kier molecular flexibility index (Phi) is 3.74. The van der Waals surface area contributed by atoms with E-state index in [2.05, 4.69) is 15.3 Å². The highest BCUT2D eigenvalue weighted by Gasteiger charge is 2.17. The summed E-state index contributed by atoms with van der Waals surface area (Å²) in [5, 5.41) is 13.5. The number of hydrogen-bond acceptors (Lipinski definition) is 6. The zero-order valence-electron chi connectivity index (χ0n) is 10.8. The number of halogens is 1. The van der Waals surface area contributed by atoms with Crippen molar-refractivity contribution in [2.24, 2.45) is 0 Å². The van der Waals surface area contributed by atoms with Crippen LogP contribution < -0.4 is 10.1 Å². The van der Waals surface area contributed by atoms with Crippen molar-refractivity contribution in [2.75, 3.05) is 12.4 Å². The second-order valence-corrected chi connectivity index (χ2v) is 3.92. The molecule has 1 aromatic heterocycles. The number of benzene rings is 1. The summed E-state index contributed by atoms with van der Waals surface area (Å²) in [5.74, 6) is -0.430. The van der Waals surface area contributed by atoms with Crippen LogP contribution in [-0.4, -0.2) is 21.9 Å². The molecule has 1 N–H and O–H groups in total. The molecular weight excluding hydrogens is 267 g/mol. The summed E-state index contributed by atoms with van der Waals surface area (Å²) in [4.78, 5) is 17.9. The van der Waals surface area contributed by atoms with Crippen molar-refractivity contribution in [3.8, 4) is 11.6 Å². The summed E-state index contributed by atoms with van der Waals surface area (Å²) in [5.41, 5.74) is -0.00552. The minimum atomic E-state index is -0.834. The first kappa shape index (κ1) is 13.7. The molecule has 0 aliphatic rings. The molecule has 0 saturated heterocycles. The molecule has 1 heterocycles. The Balaban J connectivity index is 2.34. The predicted molar refractivity (Wildman–Crippen MR) is 69.4 cm³/mol. The third-order valence-electron chi connectivity index (χ3n) is 2.53. The third kappa shape index (κ3) is 2.79. The zero-order valence-corrected chi connectivity index (χ0v) is 10.8. The predicted octanol–water partition coefficient (Wildman–Crippen LogP) is 2.67. The van der Waals surface area contributed by atoms with Gasteiger partial charge in [0.25, 0.3) is 5.69 Å². The van der Waals surface area contributed by atoms with Crippen molar-refractivity contribution in [1.29, 1.82) is 0 Å². The van der Waals surface area contributed by atoms with Crippen molar-refractivity contribution in [2.45, 2.75) is 6.92 Å². The van der Waals surface area contributed by atoms with Crippen molar-refractivity contribution in [1.82, 2.24) is 9.97 Å². The number of anilines is 1. The van der Waals surface area contributed by atoms with Gasteiger partial charge in [0.2, 0.25) is 5.88 Å². The normalized spacial score (nSPS) is 10.2. The first-order valence-electron chi connectivity index (χ1n) is 5.63. The maximum absolute atomic E-state index is 13.8. The number of aromatic nitrogens is 2. The van der Waals surface area contributed by atoms with Gasteiger partial charge in [0.1, 0.15) is 5.82 Å². The van der Waals surface area contributed by atoms with Crippen LogP contribution in [0.2, 0.25) is 0 Å². The lowest BCUT2D eigenvalue weighted by molar-refractivity contribution is -0.385. The second kappa shape index (κ2) is 5.47. The molecule has 0 fully saturated rings. The van der Waals surface area contributed by atoms with E-state index in [1.165, 1.54) is 25.4 Å². The van der Waals surface area contributed by atoms with Gasteiger partial charge in [-0.25, -0.2) is 4.39 Å². The summed E-state index contributed by atoms with van der Waals surface area (Å²) in [6.07, 6.45) is 2.79. The topological polar surface area (TPSA) is 90.2 Å². The van der Waals surface area contributed by atoms with Crippen LogP contribution in [0.3, 0.4) is 0 Å². The number of nitrogens with zero attached hydrogens (tertiary/aromatic N) is 3. The quantitative estimate of drug-likeness (QED) is 0.683. The van der Waals surface area contributed by atoms with Gasteiger partial charge < -0.3 is 10.1 Å². The second-order valence-electron chi connectivity index (χ2n) is 3.92. The smallest absolute Gasteiger partial charge is 0.275 e. The monoisotopic (exact) mass is 278 g/mol. The summed E-state index contributed by atoms with van der Waals surface area (Å²) >= 11 is 0. The Hall–Kier alpha value is -2.77. The molecule has 0 radical (unpaired) electrons. The summed E-state index contributed by atoms with van der Waals surface area (Å²) in [6, 6.07) is 2.07. The molecule has 20 heavy (non-hydrogen) atoms. The first-order valence-corrected chi connectivity index (χ1v) is 5.63. The number of aryl methyl sites for hydroxylation is 1. The van der Waals surface area contributed by atoms with E-state index in [-0.39, 0.29) is 17.3 Å². The fourth-order valence-electron chi connectivity index (χ4n) is 1.55. The molecule has 104 valence electrons. The van der Waals surface area contributed by atoms with Gasteiger partial charge in [-0.1, -0.05) is 0 Å². The number of ether oxygens (including phenoxy) is 1. The molecule has 2 aromatic rings. The van der Waals surface area contributed by atoms with E-state index in [0.717, 1.165) is 6.07 Å². The van der Waals surface area contributed by atoms with Crippen LogP contribution in [0.15, 0.2) is 24.5 Å². The lowest BCUT2D eigenvalue weighted by Gasteiger charge is -2.08. The van der Waals surface area contributed by atoms with Gasteiger partial charge in [-0.2, -0.15) is 4.98 Å². The van der Waals surface area contributed by atoms with Gasteiger partial charge in [0.15, 0.2) is 11.6 Å². The molecule has 2 rings (SSSR count). The zero-order chi connectivity index (χ0) is 14.7. The Labute approximate surface area is 113 Å². The van der Waals surface area contributed by atoms with E-state index in [4.69, 9.17) is 4.74 Å². The van der Waals surface area contributed by atoms with Gasteiger partial charge in [0.05, 0.1) is 23.4 Å². The van der Waals surface area contributed by atoms with Crippen molar-refractivity contribution < 1.29 is 14.1 Å². The standard InChI is InChI=1S/C12H11FN4O3/c1-7-3-10(8(13)4-9(7)17(18)19)20-12-6-15-5-11(14-2)16-12/h3-6H,1-2H3,(H,14,16). The average Bonchev–Trinajstić information content (AvgIpc) is 2.42. The van der Waals surface area contributed by atoms with Crippen LogP contribution in [0, 0.1) is 22.9 Å². The molecule has 0 bridgehead atoms. The number of nitrogens with one attached hydrogen (secondary N) is 1. The van der Waals surface area contributed by atoms with Crippen molar-refractivity contribution in [3.05, 3.63) is 46.0 Å². The third-order valence-corrected chi connectivity index (χ3v) is 2.53. The van der Waals surface area contributed by atoms with Gasteiger partial charge in [-0.15, -0.1) is 0 Å². The lowest BCUT2D eigenvalue weighted by Crippen LogP contribution is -1.99. The molecular formula is C12H11FN4O3. The van der Waals surface area contributed by atoms with E-state index < -0.39 is 10.7 Å². The number of rotatable bonds is 4. The van der Waals surface area contributed by atoms with Crippen LogP contribution in [0.1, 0.15) is 5.56 Å². The molecule has 1 aromatic carbocycles. The fraction of sp³-hybridized carbons (Fsp3) is 0.167. The number of hydrogen-bond donors (Lipinski definition) is 1. The minimum Gasteiger partial charge on any atom is -0.434 e. The van der Waals surface area contributed by atoms with Crippen molar-refractivity contribution >= 4 is 11.5 Å². The van der Waals surface area contributed by atoms with Crippen LogP contribution in [0.5, 0.6) is 11.6 Å². The van der Waals surface area contributed by atoms with Crippen LogP contribution in [0.25, 0.3) is 0 Å². The number of nitro groups is 1. The fourth-order valence-corrected chi connectivity index (χ4v) is 1.55. The van der Waals surface area contributed by atoms with E-state index in [0.29, 0.717) is 11.4 Å². The van der Waals surface area contributed by atoms with E-state index >= 15 is 0 Å². The first-order chi connectivity index (χ1) is 9.51. The Morgan fingerprint density at radius 1 is 1.40 bits per heavy atom. The van der Waals surface area contributed by atoms with Crippen LogP contribution in [-0.2, 0) is 0 Å². The Morgan fingerprint density at radius 3 is 2.80 bits per heavy atom. The van der Waals surface area contributed by atoms with E-state index in [1.54, 1.807) is 7.05 Å². The minimum absolute atomic E-state index is 0.0870. The Morgan fingerprint density at radius 2 is 2.15 bits per heavy atom. The summed E-state index contributed by atoms with van der Waals surface area (Å²) < 4.78 is 19.0. The van der Waals surface area contributed by atoms with Gasteiger partial charge in [0, 0.05) is 12.6 Å². The van der Waals surface area contributed by atoms with Gasteiger partial charge in [-0.3, -0.25) is 15.1 Å². The maximum atomic E-state index is 13.8. The molecule has 0 spiro atoms. The molecule has 0 aliphatic heterocycles. The lowest BCUT2D eigenvalue weighted by atomic mass is 10.2. The molecule has 0 amide bonds. The Bertz CT molecular complexity index is 663. The summed E-state index contributed by atoms with van der Waals surface area (Å²) in [7, 11) is 1.66. The highest BCUT2D eigenvalue weighted by atomic mass is 19.1. The molecule has 8 heteroatoms. The van der Waals surface area contributed by atoms with Gasteiger partial charge >= 0.3 is 0 Å². The number of nitro benzene ring substituents is 1. The van der Waals surface area contributed by atoms with E-state index in [1.807, 2.05) is 0 Å². The highest BCUT2D eigenvalue weighted by Crippen LogP contribution is 2.29. The van der Waals surface area contributed by atoms with Crippen molar-refractivity contribution in [3.63, 3.8) is 0 Å². The highest BCUT2D eigenvalue weighted by molar-refractivity contribution is 5.46. The van der Waals surface area contributed by atoms with Crippen LogP contribution >= 0.6 is 0 Å². The average molecular weight is 278 g/mol. The van der Waals surface area contributed by atoms with E-state index in [9.17, 15) is 14.5 Å². The molecule has 0 unspecified atom stereocenters. The summed E-state index contributed by atoms with van der Waals surface area (Å²) in [6.45, 7) is 1.50. The SMILES string of the molecule is CNc1cncc(Oc2cc(C)c([N+](=O)[O-])cc2F)n1. The maximum Gasteiger partial charge on any atom is 0.275 e. The largest absolute Gasteiger partial charge is 0.434 e.